The van der Waals surface area contributed by atoms with Crippen molar-refractivity contribution in [3.8, 4) is 0 Å². The van der Waals surface area contributed by atoms with Gasteiger partial charge in [-0.2, -0.15) is 0 Å². The van der Waals surface area contributed by atoms with Gasteiger partial charge in [-0.05, 0) is 51.3 Å². The second kappa shape index (κ2) is 6.71. The zero-order valence-corrected chi connectivity index (χ0v) is 11.9. The Morgan fingerprint density at radius 2 is 2.00 bits per heavy atom. The van der Waals surface area contributed by atoms with Crippen LogP contribution in [0.1, 0.15) is 24.8 Å². The minimum atomic E-state index is 0.148. The Labute approximate surface area is 116 Å². The highest BCUT2D eigenvalue weighted by atomic mass is 16.2. The van der Waals surface area contributed by atoms with Gasteiger partial charge in [0.05, 0.1) is 6.54 Å². The Balaban J connectivity index is 1.76. The molecule has 3 heteroatoms. The van der Waals surface area contributed by atoms with Crippen molar-refractivity contribution in [3.05, 3.63) is 35.9 Å². The van der Waals surface area contributed by atoms with Gasteiger partial charge in [-0.15, -0.1) is 0 Å². The first kappa shape index (κ1) is 14.1. The minimum absolute atomic E-state index is 0.148. The van der Waals surface area contributed by atoms with Gasteiger partial charge in [-0.1, -0.05) is 30.3 Å². The summed E-state index contributed by atoms with van der Waals surface area (Å²) in [7, 11) is 3.85. The van der Waals surface area contributed by atoms with Crippen molar-refractivity contribution in [1.29, 1.82) is 0 Å². The minimum Gasteiger partial charge on any atom is -0.352 e. The van der Waals surface area contributed by atoms with E-state index in [4.69, 9.17) is 0 Å². The lowest BCUT2D eigenvalue weighted by Crippen LogP contribution is -2.38. The summed E-state index contributed by atoms with van der Waals surface area (Å²) in [6.45, 7) is 0.486. The Hall–Kier alpha value is -1.35. The molecule has 0 saturated heterocycles. The fraction of sp³-hybridized carbons (Fsp3) is 0.562. The van der Waals surface area contributed by atoms with Gasteiger partial charge in [0, 0.05) is 6.04 Å². The number of carbonyl (C=O) groups is 1. The van der Waals surface area contributed by atoms with Crippen LogP contribution in [0.15, 0.2) is 30.3 Å². The number of likely N-dealkylation sites (N-methyl/N-ethyl adjacent to an activating group) is 1. The maximum absolute atomic E-state index is 11.7. The molecule has 0 aliphatic heterocycles. The highest BCUT2D eigenvalue weighted by molar-refractivity contribution is 5.78. The van der Waals surface area contributed by atoms with E-state index >= 15 is 0 Å². The summed E-state index contributed by atoms with van der Waals surface area (Å²) < 4.78 is 0. The molecule has 2 rings (SSSR count). The summed E-state index contributed by atoms with van der Waals surface area (Å²) >= 11 is 0. The molecule has 104 valence electrons. The molecule has 0 aromatic heterocycles. The van der Waals surface area contributed by atoms with Crippen LogP contribution >= 0.6 is 0 Å². The van der Waals surface area contributed by atoms with E-state index in [1.807, 2.05) is 19.0 Å². The van der Waals surface area contributed by atoms with Crippen molar-refractivity contribution in [1.82, 2.24) is 10.2 Å². The molecule has 3 nitrogen and oxygen atoms in total. The summed E-state index contributed by atoms with van der Waals surface area (Å²) in [6, 6.07) is 11.0. The molecule has 2 unspecified atom stereocenters. The Morgan fingerprint density at radius 3 is 2.68 bits per heavy atom. The molecule has 1 N–H and O–H groups in total. The van der Waals surface area contributed by atoms with E-state index in [1.165, 1.54) is 12.0 Å². The standard InChI is InChI=1S/C16H24N2O/c1-18(2)12-16(19)17-15-9-8-14(11-15)10-13-6-4-3-5-7-13/h3-7,14-15H,8-12H2,1-2H3,(H,17,19). The van der Waals surface area contributed by atoms with Gasteiger partial charge in [0.2, 0.25) is 5.91 Å². The smallest absolute Gasteiger partial charge is 0.234 e. The summed E-state index contributed by atoms with van der Waals surface area (Å²) in [5.41, 5.74) is 1.41. The summed E-state index contributed by atoms with van der Waals surface area (Å²) in [4.78, 5) is 13.6. The van der Waals surface area contributed by atoms with Crippen LogP contribution in [0.4, 0.5) is 0 Å². The van der Waals surface area contributed by atoms with Crippen LogP contribution in [-0.4, -0.2) is 37.5 Å². The quantitative estimate of drug-likeness (QED) is 0.879. The lowest BCUT2D eigenvalue weighted by molar-refractivity contribution is -0.122. The molecule has 0 bridgehead atoms. The number of nitrogens with zero attached hydrogens (tertiary/aromatic N) is 1. The summed E-state index contributed by atoms with van der Waals surface area (Å²) in [6.07, 6.45) is 4.60. The molecule has 1 saturated carbocycles. The summed E-state index contributed by atoms with van der Waals surface area (Å²) in [5, 5.41) is 3.15. The Kier molecular flexibility index (Phi) is 4.97. The number of benzene rings is 1. The van der Waals surface area contributed by atoms with Gasteiger partial charge in [0.1, 0.15) is 0 Å². The third-order valence-electron chi connectivity index (χ3n) is 3.73. The van der Waals surface area contributed by atoms with Crippen LogP contribution in [0, 0.1) is 5.92 Å². The molecule has 0 spiro atoms. The summed E-state index contributed by atoms with van der Waals surface area (Å²) in [5.74, 6) is 0.863. The van der Waals surface area contributed by atoms with Crippen LogP contribution in [0.5, 0.6) is 0 Å². The largest absolute Gasteiger partial charge is 0.352 e. The fourth-order valence-electron chi connectivity index (χ4n) is 2.90. The van der Waals surface area contributed by atoms with E-state index in [0.717, 1.165) is 19.3 Å². The van der Waals surface area contributed by atoms with Crippen molar-refractivity contribution in [2.24, 2.45) is 5.92 Å². The monoisotopic (exact) mass is 260 g/mol. The van der Waals surface area contributed by atoms with Crippen LogP contribution in [0.3, 0.4) is 0 Å². The van der Waals surface area contributed by atoms with Gasteiger partial charge in [-0.3, -0.25) is 4.79 Å². The molecule has 1 aliphatic carbocycles. The predicted molar refractivity (Wildman–Crippen MR) is 78.0 cm³/mol. The van der Waals surface area contributed by atoms with E-state index in [9.17, 15) is 4.79 Å². The van der Waals surface area contributed by atoms with E-state index in [2.05, 4.69) is 35.6 Å². The van der Waals surface area contributed by atoms with E-state index in [0.29, 0.717) is 18.5 Å². The molecular formula is C16H24N2O. The van der Waals surface area contributed by atoms with E-state index in [-0.39, 0.29) is 5.91 Å². The molecule has 1 aromatic rings. The third kappa shape index (κ3) is 4.67. The third-order valence-corrected chi connectivity index (χ3v) is 3.73. The van der Waals surface area contributed by atoms with Gasteiger partial charge in [0.15, 0.2) is 0 Å². The molecule has 1 aliphatic rings. The maximum Gasteiger partial charge on any atom is 0.234 e. The zero-order valence-electron chi connectivity index (χ0n) is 11.9. The number of carbonyl (C=O) groups excluding carboxylic acids is 1. The van der Waals surface area contributed by atoms with Gasteiger partial charge in [-0.25, -0.2) is 0 Å². The normalized spacial score (nSPS) is 22.7. The lowest BCUT2D eigenvalue weighted by atomic mass is 9.98. The molecule has 2 atom stereocenters. The first-order chi connectivity index (χ1) is 9.13. The van der Waals surface area contributed by atoms with Crippen LogP contribution in [0.25, 0.3) is 0 Å². The molecule has 1 amide bonds. The van der Waals surface area contributed by atoms with Crippen molar-refractivity contribution in [2.45, 2.75) is 31.7 Å². The number of hydrogen-bond donors (Lipinski definition) is 1. The first-order valence-electron chi connectivity index (χ1n) is 7.11. The molecule has 0 heterocycles. The molecule has 1 fully saturated rings. The highest BCUT2D eigenvalue weighted by Gasteiger charge is 2.25. The SMILES string of the molecule is CN(C)CC(=O)NC1CCC(Cc2ccccc2)C1. The second-order valence-electron chi connectivity index (χ2n) is 5.87. The predicted octanol–water partition coefficient (Wildman–Crippen LogP) is 2.08. The van der Waals surface area contributed by atoms with Gasteiger partial charge >= 0.3 is 0 Å². The average molecular weight is 260 g/mol. The molecular weight excluding hydrogens is 236 g/mol. The van der Waals surface area contributed by atoms with Crippen LogP contribution in [0.2, 0.25) is 0 Å². The average Bonchev–Trinajstić information content (AvgIpc) is 2.76. The lowest BCUT2D eigenvalue weighted by Gasteiger charge is -2.15. The Bertz CT molecular complexity index is 402. The number of rotatable bonds is 5. The number of nitrogens with one attached hydrogen (secondary N) is 1. The topological polar surface area (TPSA) is 32.3 Å². The fourth-order valence-corrected chi connectivity index (χ4v) is 2.90. The molecule has 19 heavy (non-hydrogen) atoms. The van der Waals surface area contributed by atoms with Crippen LogP contribution in [-0.2, 0) is 11.2 Å². The highest BCUT2D eigenvalue weighted by Crippen LogP contribution is 2.28. The van der Waals surface area contributed by atoms with E-state index < -0.39 is 0 Å². The molecule has 0 radical (unpaired) electrons. The Morgan fingerprint density at radius 1 is 1.26 bits per heavy atom. The molecule has 1 aromatic carbocycles. The van der Waals surface area contributed by atoms with Crippen molar-refractivity contribution >= 4 is 5.91 Å². The van der Waals surface area contributed by atoms with Crippen molar-refractivity contribution in [2.75, 3.05) is 20.6 Å². The zero-order chi connectivity index (χ0) is 13.7. The second-order valence-corrected chi connectivity index (χ2v) is 5.87. The van der Waals surface area contributed by atoms with Crippen molar-refractivity contribution in [3.63, 3.8) is 0 Å². The van der Waals surface area contributed by atoms with Gasteiger partial charge < -0.3 is 10.2 Å². The van der Waals surface area contributed by atoms with Gasteiger partial charge in [0.25, 0.3) is 0 Å². The maximum atomic E-state index is 11.7. The van der Waals surface area contributed by atoms with Crippen molar-refractivity contribution < 1.29 is 4.79 Å². The van der Waals surface area contributed by atoms with Crippen LogP contribution < -0.4 is 5.32 Å². The number of amides is 1. The number of hydrogen-bond acceptors (Lipinski definition) is 2. The first-order valence-corrected chi connectivity index (χ1v) is 7.11. The van der Waals surface area contributed by atoms with E-state index in [1.54, 1.807) is 0 Å².